The van der Waals surface area contributed by atoms with Crippen LogP contribution in [0.2, 0.25) is 0 Å². The van der Waals surface area contributed by atoms with Crippen molar-refractivity contribution in [2.24, 2.45) is 11.8 Å². The molecule has 3 aromatic carbocycles. The third kappa shape index (κ3) is 3.59. The molecule has 0 unspecified atom stereocenters. The molecule has 2 saturated heterocycles. The zero-order chi connectivity index (χ0) is 27.4. The van der Waals surface area contributed by atoms with Crippen LogP contribution in [0.4, 0.5) is 11.4 Å². The van der Waals surface area contributed by atoms with E-state index in [0.29, 0.717) is 11.3 Å². The highest BCUT2D eigenvalue weighted by molar-refractivity contribution is 6.25. The molecule has 0 spiro atoms. The zero-order valence-electron chi connectivity index (χ0n) is 21.0. The molecule has 3 heterocycles. The molecule has 2 fully saturated rings. The smallest absolute Gasteiger partial charge is 0.271 e. The number of benzene rings is 3. The highest BCUT2D eigenvalue weighted by Gasteiger charge is 2.64. The number of non-ortho nitro benzene ring substituents is 1. The maximum Gasteiger partial charge on any atom is 0.271 e. The minimum absolute atomic E-state index is 0.0158. The summed E-state index contributed by atoms with van der Waals surface area (Å²) in [5.74, 6) is -2.63. The van der Waals surface area contributed by atoms with E-state index in [2.05, 4.69) is 0 Å². The summed E-state index contributed by atoms with van der Waals surface area (Å²) in [4.78, 5) is 55.9. The summed E-state index contributed by atoms with van der Waals surface area (Å²) < 4.78 is 10.6. The summed E-state index contributed by atoms with van der Waals surface area (Å²) in [6.45, 7) is 0. The second-order valence-corrected chi connectivity index (χ2v) is 9.55. The van der Waals surface area contributed by atoms with E-state index in [9.17, 15) is 24.5 Å². The van der Waals surface area contributed by atoms with Crippen molar-refractivity contribution in [3.63, 3.8) is 0 Å². The van der Waals surface area contributed by atoms with E-state index in [1.165, 1.54) is 26.4 Å². The third-order valence-electron chi connectivity index (χ3n) is 7.72. The number of nitro benzene ring substituents is 1. The van der Waals surface area contributed by atoms with Gasteiger partial charge in [-0.2, -0.15) is 0 Å². The summed E-state index contributed by atoms with van der Waals surface area (Å²) in [6.07, 6.45) is 3.65. The van der Waals surface area contributed by atoms with E-state index in [4.69, 9.17) is 9.47 Å². The van der Waals surface area contributed by atoms with Crippen LogP contribution in [0.3, 0.4) is 0 Å². The Labute approximate surface area is 223 Å². The molecule has 0 aromatic heterocycles. The van der Waals surface area contributed by atoms with Gasteiger partial charge in [0, 0.05) is 23.9 Å². The number of nitro groups is 1. The Morgan fingerprint density at radius 3 is 2.33 bits per heavy atom. The average molecular weight is 526 g/mol. The largest absolute Gasteiger partial charge is 0.497 e. The minimum atomic E-state index is -1.02. The van der Waals surface area contributed by atoms with Gasteiger partial charge in [0.1, 0.15) is 23.2 Å². The molecule has 0 bridgehead atoms. The van der Waals surface area contributed by atoms with Gasteiger partial charge in [-0.1, -0.05) is 24.3 Å². The number of carbonyl (C=O) groups is 3. The number of hydrogen-bond acceptors (Lipinski definition) is 8. The Bertz CT molecular complexity index is 1570. The Morgan fingerprint density at radius 2 is 1.64 bits per heavy atom. The number of hydrogen-bond donors (Lipinski definition) is 0. The lowest BCUT2D eigenvalue weighted by Crippen LogP contribution is -2.44. The summed E-state index contributed by atoms with van der Waals surface area (Å²) >= 11 is 0. The molecule has 3 aromatic rings. The molecule has 3 aliphatic heterocycles. The molecule has 39 heavy (non-hydrogen) atoms. The van der Waals surface area contributed by atoms with E-state index in [1.54, 1.807) is 30.5 Å². The van der Waals surface area contributed by atoms with E-state index in [-0.39, 0.29) is 22.9 Å². The molecule has 0 radical (unpaired) electrons. The van der Waals surface area contributed by atoms with Crippen LogP contribution < -0.4 is 14.4 Å². The molecule has 2 amide bonds. The first-order chi connectivity index (χ1) is 18.8. The van der Waals surface area contributed by atoms with Crippen molar-refractivity contribution in [1.82, 2.24) is 4.90 Å². The standard InChI is InChI=1S/C29H23N3O7/c1-38-19-10-7-17(8-11-19)27(33)26-24-23(25-20-6-4-3-5-16(20)13-14-30(25)26)28(34)31(29(24)35)21-15-18(32(36)37)9-12-22(21)39-2/h3-15,23-26H,1-2H3/t23-,24+,25+,26-/m0/s1. The normalized spacial score (nSPS) is 22.8. The van der Waals surface area contributed by atoms with Crippen LogP contribution in [0.25, 0.3) is 6.08 Å². The summed E-state index contributed by atoms with van der Waals surface area (Å²) in [7, 11) is 2.88. The Hall–Kier alpha value is -4.99. The fourth-order valence-electron chi connectivity index (χ4n) is 5.99. The van der Waals surface area contributed by atoms with Crippen molar-refractivity contribution in [3.8, 4) is 11.5 Å². The second-order valence-electron chi connectivity index (χ2n) is 9.55. The van der Waals surface area contributed by atoms with Gasteiger partial charge in [0.15, 0.2) is 5.78 Å². The molecule has 6 rings (SSSR count). The van der Waals surface area contributed by atoms with Gasteiger partial charge < -0.3 is 14.4 Å². The lowest BCUT2D eigenvalue weighted by atomic mass is 9.83. The van der Waals surface area contributed by atoms with Crippen molar-refractivity contribution in [3.05, 3.63) is 99.7 Å². The van der Waals surface area contributed by atoms with E-state index < -0.39 is 40.7 Å². The van der Waals surface area contributed by atoms with Gasteiger partial charge in [-0.05, 0) is 47.5 Å². The van der Waals surface area contributed by atoms with E-state index in [1.807, 2.05) is 35.2 Å². The molecular formula is C29H23N3O7. The van der Waals surface area contributed by atoms with Crippen LogP contribution in [0.1, 0.15) is 27.5 Å². The number of anilines is 1. The number of carbonyl (C=O) groups excluding carboxylic acids is 3. The lowest BCUT2D eigenvalue weighted by molar-refractivity contribution is -0.384. The molecule has 3 aliphatic rings. The predicted molar refractivity (Wildman–Crippen MR) is 140 cm³/mol. The SMILES string of the molecule is COc1ccc(C(=O)[C@@H]2[C@@H]3C(=O)N(c4cc([N+](=O)[O-])ccc4OC)C(=O)[C@@H]3[C@H]3c4ccccc4C=CN23)cc1. The fourth-order valence-corrected chi connectivity index (χ4v) is 5.99. The zero-order valence-corrected chi connectivity index (χ0v) is 21.0. The first kappa shape index (κ1) is 24.4. The highest BCUT2D eigenvalue weighted by Crippen LogP contribution is 2.54. The Kier molecular flexibility index (Phi) is 5.67. The van der Waals surface area contributed by atoms with Crippen molar-refractivity contribution in [1.29, 1.82) is 0 Å². The minimum Gasteiger partial charge on any atom is -0.497 e. The first-order valence-corrected chi connectivity index (χ1v) is 12.3. The predicted octanol–water partition coefficient (Wildman–Crippen LogP) is 4.01. The number of fused-ring (bicyclic) bond motifs is 5. The van der Waals surface area contributed by atoms with E-state index >= 15 is 0 Å². The monoisotopic (exact) mass is 525 g/mol. The number of rotatable bonds is 6. The van der Waals surface area contributed by atoms with Crippen LogP contribution in [-0.2, 0) is 9.59 Å². The molecule has 0 N–H and O–H groups in total. The van der Waals surface area contributed by atoms with Crippen LogP contribution >= 0.6 is 0 Å². The van der Waals surface area contributed by atoms with Crippen molar-refractivity contribution in [2.75, 3.05) is 19.1 Å². The van der Waals surface area contributed by atoms with Crippen LogP contribution in [0, 0.1) is 22.0 Å². The maximum atomic E-state index is 14.1. The number of nitrogens with zero attached hydrogens (tertiary/aromatic N) is 3. The van der Waals surface area contributed by atoms with Gasteiger partial charge in [-0.3, -0.25) is 24.5 Å². The second kappa shape index (κ2) is 9.09. The molecule has 196 valence electrons. The number of Topliss-reactive ketones (excluding diaryl/α,β-unsaturated/α-hetero) is 1. The molecule has 0 aliphatic carbocycles. The van der Waals surface area contributed by atoms with Gasteiger partial charge in [0.25, 0.3) is 5.69 Å². The summed E-state index contributed by atoms with van der Waals surface area (Å²) in [5, 5.41) is 11.5. The van der Waals surface area contributed by atoms with Crippen LogP contribution in [0.5, 0.6) is 11.5 Å². The number of ketones is 1. The number of imide groups is 1. The van der Waals surface area contributed by atoms with E-state index in [0.717, 1.165) is 22.1 Å². The molecule has 10 heteroatoms. The first-order valence-electron chi connectivity index (χ1n) is 12.3. The Balaban J connectivity index is 1.50. The fraction of sp³-hybridized carbons (Fsp3) is 0.207. The number of amides is 2. The molecule has 4 atom stereocenters. The third-order valence-corrected chi connectivity index (χ3v) is 7.72. The topological polar surface area (TPSA) is 119 Å². The van der Waals surface area contributed by atoms with Gasteiger partial charge in [0.2, 0.25) is 11.8 Å². The van der Waals surface area contributed by atoms with Gasteiger partial charge in [-0.15, -0.1) is 0 Å². The highest BCUT2D eigenvalue weighted by atomic mass is 16.6. The van der Waals surface area contributed by atoms with Crippen molar-refractivity contribution >= 4 is 35.0 Å². The molecular weight excluding hydrogens is 502 g/mol. The average Bonchev–Trinajstić information content (AvgIpc) is 3.44. The summed E-state index contributed by atoms with van der Waals surface area (Å²) in [6, 6.07) is 16.4. The van der Waals surface area contributed by atoms with Crippen LogP contribution in [-0.4, -0.2) is 47.7 Å². The van der Waals surface area contributed by atoms with Crippen molar-refractivity contribution < 1.29 is 28.8 Å². The number of ether oxygens (including phenoxy) is 2. The quantitative estimate of drug-likeness (QED) is 0.205. The lowest BCUT2D eigenvalue weighted by Gasteiger charge is -2.35. The molecule has 10 nitrogen and oxygen atoms in total. The maximum absolute atomic E-state index is 14.1. The number of methoxy groups -OCH3 is 2. The van der Waals surface area contributed by atoms with Gasteiger partial charge >= 0.3 is 0 Å². The van der Waals surface area contributed by atoms with Crippen molar-refractivity contribution in [2.45, 2.75) is 12.1 Å². The van der Waals surface area contributed by atoms with Crippen LogP contribution in [0.15, 0.2) is 72.9 Å². The van der Waals surface area contributed by atoms with Gasteiger partial charge in [-0.25, -0.2) is 4.90 Å². The summed E-state index contributed by atoms with van der Waals surface area (Å²) in [5.41, 5.74) is 1.79. The van der Waals surface area contributed by atoms with Gasteiger partial charge in [0.05, 0.1) is 37.0 Å². The molecule has 0 saturated carbocycles. The Morgan fingerprint density at radius 1 is 0.923 bits per heavy atom.